The third-order valence-corrected chi connectivity index (χ3v) is 5.04. The van der Waals surface area contributed by atoms with Gasteiger partial charge in [-0.3, -0.25) is 0 Å². The Hall–Kier alpha value is -0.790. The van der Waals surface area contributed by atoms with E-state index in [0.29, 0.717) is 5.92 Å². The maximum absolute atomic E-state index is 4.46. The topological polar surface area (TPSA) is 17.8 Å². The van der Waals surface area contributed by atoms with E-state index in [9.17, 15) is 0 Å². The summed E-state index contributed by atoms with van der Waals surface area (Å²) >= 11 is 0. The second-order valence-electron chi connectivity index (χ2n) is 7.33. The molecular weight excluding hydrogens is 280 g/mol. The van der Waals surface area contributed by atoms with Crippen LogP contribution in [0.1, 0.15) is 115 Å². The van der Waals surface area contributed by atoms with Crippen LogP contribution in [0.3, 0.4) is 0 Å². The Balaban J connectivity index is 1.82. The first-order valence-electron chi connectivity index (χ1n) is 10.2. The van der Waals surface area contributed by atoms with E-state index in [1.165, 1.54) is 95.7 Å². The Morgan fingerprint density at radius 3 is 1.74 bits per heavy atom. The summed E-state index contributed by atoms with van der Waals surface area (Å²) in [5.74, 6) is 1.84. The van der Waals surface area contributed by atoms with Crippen LogP contribution in [0.5, 0.6) is 0 Å². The summed E-state index contributed by atoms with van der Waals surface area (Å²) in [6.45, 7) is 4.60. The molecule has 1 aromatic heterocycles. The van der Waals surface area contributed by atoms with Crippen LogP contribution in [0.15, 0.2) is 12.4 Å². The molecule has 0 radical (unpaired) electrons. The van der Waals surface area contributed by atoms with Crippen LogP contribution >= 0.6 is 0 Å². The number of hydrogen-bond donors (Lipinski definition) is 0. The van der Waals surface area contributed by atoms with E-state index >= 15 is 0 Å². The highest BCUT2D eigenvalue weighted by Crippen LogP contribution is 2.20. The number of nitrogens with zero attached hydrogens (tertiary/aromatic N) is 2. The summed E-state index contributed by atoms with van der Waals surface area (Å²) in [7, 11) is 2.10. The molecule has 0 spiro atoms. The van der Waals surface area contributed by atoms with E-state index in [1.807, 2.05) is 6.20 Å². The SMILES string of the molecule is CCCCCCCCCCCCCCCC(C)c1nccn1C. The molecule has 0 fully saturated rings. The second kappa shape index (κ2) is 13.6. The van der Waals surface area contributed by atoms with E-state index in [2.05, 4.69) is 36.6 Å². The molecule has 2 nitrogen and oxygen atoms in total. The summed E-state index contributed by atoms with van der Waals surface area (Å²) in [5.41, 5.74) is 0. The number of imidazole rings is 1. The van der Waals surface area contributed by atoms with Gasteiger partial charge in [0.2, 0.25) is 0 Å². The van der Waals surface area contributed by atoms with E-state index in [4.69, 9.17) is 0 Å². The summed E-state index contributed by atoms with van der Waals surface area (Å²) in [6, 6.07) is 0. The molecule has 134 valence electrons. The predicted octanol–water partition coefficient (Wildman–Crippen LogP) is 7.00. The van der Waals surface area contributed by atoms with Crippen molar-refractivity contribution < 1.29 is 0 Å². The van der Waals surface area contributed by atoms with Crippen LogP contribution in [0.4, 0.5) is 0 Å². The molecule has 0 amide bonds. The van der Waals surface area contributed by atoms with Crippen LogP contribution < -0.4 is 0 Å². The van der Waals surface area contributed by atoms with Crippen molar-refractivity contribution in [3.63, 3.8) is 0 Å². The van der Waals surface area contributed by atoms with Crippen molar-refractivity contribution in [2.24, 2.45) is 7.05 Å². The lowest BCUT2D eigenvalue weighted by Gasteiger charge is -2.11. The molecule has 1 aromatic rings. The van der Waals surface area contributed by atoms with Gasteiger partial charge < -0.3 is 4.57 Å². The molecule has 0 aliphatic heterocycles. The van der Waals surface area contributed by atoms with Crippen molar-refractivity contribution >= 4 is 0 Å². The maximum Gasteiger partial charge on any atom is 0.111 e. The normalized spacial score (nSPS) is 12.7. The van der Waals surface area contributed by atoms with Gasteiger partial charge in [-0.25, -0.2) is 4.98 Å². The Morgan fingerprint density at radius 1 is 0.826 bits per heavy atom. The molecule has 1 unspecified atom stereocenters. The van der Waals surface area contributed by atoms with Gasteiger partial charge in [0.1, 0.15) is 5.82 Å². The largest absolute Gasteiger partial charge is 0.338 e. The molecule has 1 rings (SSSR count). The lowest BCUT2D eigenvalue weighted by molar-refractivity contribution is 0.517. The van der Waals surface area contributed by atoms with Crippen LogP contribution in [-0.4, -0.2) is 9.55 Å². The first-order chi connectivity index (χ1) is 11.3. The molecule has 0 aromatic carbocycles. The number of hydrogen-bond acceptors (Lipinski definition) is 1. The van der Waals surface area contributed by atoms with Crippen molar-refractivity contribution in [3.05, 3.63) is 18.2 Å². The predicted molar refractivity (Wildman–Crippen MR) is 102 cm³/mol. The van der Waals surface area contributed by atoms with Crippen LogP contribution in [0.25, 0.3) is 0 Å². The first kappa shape index (κ1) is 20.3. The number of unbranched alkanes of at least 4 members (excludes halogenated alkanes) is 12. The van der Waals surface area contributed by atoms with Gasteiger partial charge in [0.05, 0.1) is 0 Å². The Morgan fingerprint density at radius 2 is 1.30 bits per heavy atom. The van der Waals surface area contributed by atoms with E-state index in [0.717, 1.165) is 0 Å². The summed E-state index contributed by atoms with van der Waals surface area (Å²) < 4.78 is 2.16. The van der Waals surface area contributed by atoms with Gasteiger partial charge in [-0.2, -0.15) is 0 Å². The van der Waals surface area contributed by atoms with Crippen molar-refractivity contribution in [2.45, 2.75) is 110 Å². The van der Waals surface area contributed by atoms with Crippen LogP contribution in [-0.2, 0) is 7.05 Å². The third kappa shape index (κ3) is 9.84. The molecule has 0 saturated heterocycles. The number of aromatic nitrogens is 2. The molecule has 0 bridgehead atoms. The van der Waals surface area contributed by atoms with Crippen molar-refractivity contribution in [1.29, 1.82) is 0 Å². The third-order valence-electron chi connectivity index (χ3n) is 5.04. The minimum atomic E-state index is 0.600. The van der Waals surface area contributed by atoms with Gasteiger partial charge in [-0.1, -0.05) is 97.3 Å². The smallest absolute Gasteiger partial charge is 0.111 e. The highest BCUT2D eigenvalue weighted by molar-refractivity contribution is 4.97. The molecule has 0 aliphatic carbocycles. The molecular formula is C21H40N2. The monoisotopic (exact) mass is 320 g/mol. The molecule has 0 N–H and O–H groups in total. The quantitative estimate of drug-likeness (QED) is 0.318. The average Bonchev–Trinajstić information content (AvgIpc) is 2.98. The van der Waals surface area contributed by atoms with E-state index in [1.54, 1.807) is 0 Å². The fraction of sp³-hybridized carbons (Fsp3) is 0.857. The molecule has 0 saturated carbocycles. The van der Waals surface area contributed by atoms with E-state index < -0.39 is 0 Å². The van der Waals surface area contributed by atoms with Gasteiger partial charge in [0, 0.05) is 25.4 Å². The van der Waals surface area contributed by atoms with Crippen LogP contribution in [0, 0.1) is 0 Å². The van der Waals surface area contributed by atoms with Crippen molar-refractivity contribution in [1.82, 2.24) is 9.55 Å². The molecule has 2 heteroatoms. The molecule has 1 atom stereocenters. The zero-order valence-electron chi connectivity index (χ0n) is 16.0. The number of rotatable bonds is 15. The van der Waals surface area contributed by atoms with Crippen molar-refractivity contribution in [2.75, 3.05) is 0 Å². The van der Waals surface area contributed by atoms with Gasteiger partial charge in [-0.15, -0.1) is 0 Å². The van der Waals surface area contributed by atoms with Crippen LogP contribution in [0.2, 0.25) is 0 Å². The minimum absolute atomic E-state index is 0.600. The summed E-state index contributed by atoms with van der Waals surface area (Å²) in [5, 5.41) is 0. The highest BCUT2D eigenvalue weighted by atomic mass is 15.0. The van der Waals surface area contributed by atoms with Gasteiger partial charge >= 0.3 is 0 Å². The Kier molecular flexibility index (Phi) is 12.0. The molecule has 0 aliphatic rings. The molecule has 1 heterocycles. The maximum atomic E-state index is 4.46. The lowest BCUT2D eigenvalue weighted by Crippen LogP contribution is -2.02. The fourth-order valence-corrected chi connectivity index (χ4v) is 3.45. The van der Waals surface area contributed by atoms with Gasteiger partial charge in [-0.05, 0) is 6.42 Å². The van der Waals surface area contributed by atoms with Crippen molar-refractivity contribution in [3.8, 4) is 0 Å². The van der Waals surface area contributed by atoms with Gasteiger partial charge in [0.25, 0.3) is 0 Å². The Labute approximate surface area is 145 Å². The van der Waals surface area contributed by atoms with Gasteiger partial charge in [0.15, 0.2) is 0 Å². The lowest BCUT2D eigenvalue weighted by atomic mass is 10.0. The second-order valence-corrected chi connectivity index (χ2v) is 7.33. The minimum Gasteiger partial charge on any atom is -0.338 e. The van der Waals surface area contributed by atoms with E-state index in [-0.39, 0.29) is 0 Å². The number of aryl methyl sites for hydroxylation is 1. The fourth-order valence-electron chi connectivity index (χ4n) is 3.45. The summed E-state index contributed by atoms with van der Waals surface area (Å²) in [6.07, 6.45) is 23.8. The molecule has 23 heavy (non-hydrogen) atoms. The first-order valence-corrected chi connectivity index (χ1v) is 10.2. The standard InChI is InChI=1S/C21H40N2/c1-4-5-6-7-8-9-10-11-12-13-14-15-16-17-20(2)21-22-18-19-23(21)3/h18-20H,4-17H2,1-3H3. The zero-order valence-corrected chi connectivity index (χ0v) is 16.0. The highest BCUT2D eigenvalue weighted by Gasteiger charge is 2.09. The average molecular weight is 321 g/mol. The summed E-state index contributed by atoms with van der Waals surface area (Å²) in [4.78, 5) is 4.46. The Bertz CT molecular complexity index is 370. The zero-order chi connectivity index (χ0) is 16.8.